The van der Waals surface area contributed by atoms with Gasteiger partial charge in [-0.1, -0.05) is 6.07 Å². The number of rotatable bonds is 4. The second kappa shape index (κ2) is 7.18. The van der Waals surface area contributed by atoms with Gasteiger partial charge in [-0.05, 0) is 25.1 Å². The molecule has 0 bridgehead atoms. The summed E-state index contributed by atoms with van der Waals surface area (Å²) in [4.78, 5) is 41.3. The Labute approximate surface area is 153 Å². The van der Waals surface area contributed by atoms with Crippen LogP contribution < -0.4 is 4.90 Å². The summed E-state index contributed by atoms with van der Waals surface area (Å²) < 4.78 is 38.6. The van der Waals surface area contributed by atoms with Gasteiger partial charge in [0.05, 0.1) is 12.2 Å². The van der Waals surface area contributed by atoms with Crippen LogP contribution >= 0.6 is 0 Å². The van der Waals surface area contributed by atoms with Gasteiger partial charge in [-0.2, -0.15) is 13.2 Å². The molecule has 0 atom stereocenters. The molecule has 2 aliphatic rings. The van der Waals surface area contributed by atoms with Crippen LogP contribution in [0.2, 0.25) is 0 Å². The molecule has 2 aliphatic heterocycles. The van der Waals surface area contributed by atoms with E-state index in [9.17, 15) is 27.6 Å². The highest BCUT2D eigenvalue weighted by Gasteiger charge is 2.44. The highest BCUT2D eigenvalue weighted by Crippen LogP contribution is 2.31. The Balaban J connectivity index is 1.61. The minimum absolute atomic E-state index is 0.00363. The van der Waals surface area contributed by atoms with Crippen LogP contribution in [0.4, 0.5) is 23.7 Å². The number of likely N-dealkylation sites (N-methyl/N-ethyl adjacent to an activating group) is 1. The van der Waals surface area contributed by atoms with Crippen molar-refractivity contribution in [3.63, 3.8) is 0 Å². The number of imide groups is 2. The molecule has 1 aromatic rings. The van der Waals surface area contributed by atoms with Crippen LogP contribution in [-0.2, 0) is 15.8 Å². The first kappa shape index (κ1) is 19.2. The molecule has 1 aromatic carbocycles. The molecule has 0 aliphatic carbocycles. The largest absolute Gasteiger partial charge is 0.416 e. The van der Waals surface area contributed by atoms with Crippen LogP contribution in [0.25, 0.3) is 0 Å². The van der Waals surface area contributed by atoms with E-state index in [1.54, 1.807) is 13.0 Å². The Hall–Kier alpha value is -2.62. The zero-order valence-electron chi connectivity index (χ0n) is 14.7. The van der Waals surface area contributed by atoms with Gasteiger partial charge in [0.15, 0.2) is 0 Å². The topological polar surface area (TPSA) is 64.2 Å². The molecule has 10 heteroatoms. The Morgan fingerprint density at radius 2 is 1.59 bits per heavy atom. The number of carbonyl (C=O) groups is 3. The van der Waals surface area contributed by atoms with E-state index in [2.05, 4.69) is 0 Å². The number of carbonyl (C=O) groups excluding carboxylic acids is 3. The summed E-state index contributed by atoms with van der Waals surface area (Å²) in [6, 6.07) is 4.50. The Bertz CT molecular complexity index is 760. The molecule has 2 saturated heterocycles. The van der Waals surface area contributed by atoms with Crippen molar-refractivity contribution in [2.45, 2.75) is 13.1 Å². The highest BCUT2D eigenvalue weighted by atomic mass is 19.4. The fourth-order valence-corrected chi connectivity index (χ4v) is 3.18. The summed E-state index contributed by atoms with van der Waals surface area (Å²) in [6.45, 7) is 3.53. The second-order valence-electron chi connectivity index (χ2n) is 6.36. The van der Waals surface area contributed by atoms with Crippen LogP contribution in [0.15, 0.2) is 24.3 Å². The average Bonchev–Trinajstić information content (AvgIpc) is 2.85. The van der Waals surface area contributed by atoms with E-state index in [1.165, 1.54) is 6.07 Å². The molecular formula is C17H19F3N4O3. The predicted molar refractivity (Wildman–Crippen MR) is 89.7 cm³/mol. The number of nitrogens with zero attached hydrogens (tertiary/aromatic N) is 4. The van der Waals surface area contributed by atoms with Crippen molar-refractivity contribution in [3.05, 3.63) is 29.8 Å². The summed E-state index contributed by atoms with van der Waals surface area (Å²) in [5, 5.41) is 0. The molecule has 0 N–H and O–H groups in total. The zero-order chi connectivity index (χ0) is 19.8. The SMILES string of the molecule is CCN1C(=O)C(=O)N(CN2CCN(c3cccc(C(F)(F)F)c3)CC2)C1=O. The number of alkyl halides is 3. The lowest BCUT2D eigenvalue weighted by molar-refractivity contribution is -0.143. The van der Waals surface area contributed by atoms with Gasteiger partial charge in [0.2, 0.25) is 0 Å². The van der Waals surface area contributed by atoms with Crippen LogP contribution in [-0.4, -0.2) is 71.9 Å². The number of urea groups is 1. The lowest BCUT2D eigenvalue weighted by atomic mass is 10.1. The zero-order valence-corrected chi connectivity index (χ0v) is 14.7. The van der Waals surface area contributed by atoms with Crippen molar-refractivity contribution >= 4 is 23.5 Å². The molecule has 2 heterocycles. The lowest BCUT2D eigenvalue weighted by Gasteiger charge is -2.37. The van der Waals surface area contributed by atoms with E-state index in [1.807, 2.05) is 9.80 Å². The maximum absolute atomic E-state index is 12.9. The lowest BCUT2D eigenvalue weighted by Crippen LogP contribution is -2.51. The van der Waals surface area contributed by atoms with Crippen molar-refractivity contribution < 1.29 is 27.6 Å². The number of benzene rings is 1. The van der Waals surface area contributed by atoms with Gasteiger partial charge in [-0.25, -0.2) is 9.69 Å². The van der Waals surface area contributed by atoms with Gasteiger partial charge in [0, 0.05) is 38.4 Å². The molecule has 0 radical (unpaired) electrons. The molecular weight excluding hydrogens is 365 g/mol. The van der Waals surface area contributed by atoms with E-state index in [0.717, 1.165) is 21.9 Å². The fourth-order valence-electron chi connectivity index (χ4n) is 3.18. The quantitative estimate of drug-likeness (QED) is 0.583. The summed E-state index contributed by atoms with van der Waals surface area (Å²) in [5.41, 5.74) is -0.223. The first-order valence-electron chi connectivity index (χ1n) is 8.54. The maximum Gasteiger partial charge on any atom is 0.416 e. The fraction of sp³-hybridized carbons (Fsp3) is 0.471. The molecule has 3 rings (SSSR count). The first-order chi connectivity index (χ1) is 12.7. The maximum atomic E-state index is 12.9. The molecule has 4 amide bonds. The smallest absolute Gasteiger partial charge is 0.369 e. The molecule has 0 saturated carbocycles. The van der Waals surface area contributed by atoms with Crippen molar-refractivity contribution in [1.82, 2.24) is 14.7 Å². The summed E-state index contributed by atoms with van der Waals surface area (Å²) in [7, 11) is 0. The highest BCUT2D eigenvalue weighted by molar-refractivity contribution is 6.44. The van der Waals surface area contributed by atoms with E-state index >= 15 is 0 Å². The van der Waals surface area contributed by atoms with Crippen LogP contribution in [0.5, 0.6) is 0 Å². The van der Waals surface area contributed by atoms with Crippen molar-refractivity contribution in [2.75, 3.05) is 44.3 Å². The van der Waals surface area contributed by atoms with E-state index < -0.39 is 29.6 Å². The number of halogens is 3. The first-order valence-corrected chi connectivity index (χ1v) is 8.54. The normalized spacial score (nSPS) is 19.4. The second-order valence-corrected chi connectivity index (χ2v) is 6.36. The summed E-state index contributed by atoms with van der Waals surface area (Å²) in [5.74, 6) is -1.67. The number of anilines is 1. The number of hydrogen-bond acceptors (Lipinski definition) is 5. The third-order valence-corrected chi connectivity index (χ3v) is 4.70. The third-order valence-electron chi connectivity index (χ3n) is 4.70. The Morgan fingerprint density at radius 3 is 2.15 bits per heavy atom. The predicted octanol–water partition coefficient (Wildman–Crippen LogP) is 1.60. The molecule has 2 fully saturated rings. The molecule has 0 aromatic heterocycles. The van der Waals surface area contributed by atoms with Gasteiger partial charge in [0.25, 0.3) is 0 Å². The minimum Gasteiger partial charge on any atom is -0.369 e. The standard InChI is InChI=1S/C17H19F3N4O3/c1-2-23-14(25)15(26)24(16(23)27)11-21-6-8-22(9-7-21)13-5-3-4-12(10-13)17(18,19)20/h3-5,10H,2,6-9,11H2,1H3. The molecule has 0 unspecified atom stereocenters. The van der Waals surface area contributed by atoms with Crippen molar-refractivity contribution in [2.24, 2.45) is 0 Å². The monoisotopic (exact) mass is 384 g/mol. The number of piperazine rings is 1. The minimum atomic E-state index is -4.40. The molecule has 146 valence electrons. The van der Waals surface area contributed by atoms with E-state index in [4.69, 9.17) is 0 Å². The average molecular weight is 384 g/mol. The van der Waals surface area contributed by atoms with Gasteiger partial charge in [0.1, 0.15) is 0 Å². The van der Waals surface area contributed by atoms with Crippen LogP contribution in [0.3, 0.4) is 0 Å². The summed E-state index contributed by atoms with van der Waals surface area (Å²) >= 11 is 0. The Kier molecular flexibility index (Phi) is 5.09. The van der Waals surface area contributed by atoms with Crippen LogP contribution in [0.1, 0.15) is 12.5 Å². The van der Waals surface area contributed by atoms with E-state index in [0.29, 0.717) is 31.9 Å². The van der Waals surface area contributed by atoms with Crippen molar-refractivity contribution in [3.8, 4) is 0 Å². The Morgan fingerprint density at radius 1 is 0.963 bits per heavy atom. The molecule has 7 nitrogen and oxygen atoms in total. The van der Waals surface area contributed by atoms with E-state index in [-0.39, 0.29) is 13.2 Å². The number of hydrogen-bond donors (Lipinski definition) is 0. The van der Waals surface area contributed by atoms with Gasteiger partial charge in [-0.15, -0.1) is 0 Å². The summed E-state index contributed by atoms with van der Waals surface area (Å²) in [6.07, 6.45) is -4.40. The van der Waals surface area contributed by atoms with Gasteiger partial charge >= 0.3 is 24.0 Å². The van der Waals surface area contributed by atoms with Gasteiger partial charge in [-0.3, -0.25) is 19.4 Å². The third kappa shape index (κ3) is 3.75. The van der Waals surface area contributed by atoms with Crippen LogP contribution in [0, 0.1) is 0 Å². The number of amides is 4. The molecule has 0 spiro atoms. The van der Waals surface area contributed by atoms with Gasteiger partial charge < -0.3 is 4.90 Å². The van der Waals surface area contributed by atoms with Crippen molar-refractivity contribution in [1.29, 1.82) is 0 Å². The molecule has 27 heavy (non-hydrogen) atoms.